The molecule has 0 aliphatic carbocycles. The highest BCUT2D eigenvalue weighted by atomic mass is 79.9. The number of aromatic amines is 1. The van der Waals surface area contributed by atoms with E-state index in [1.165, 1.54) is 4.90 Å². The van der Waals surface area contributed by atoms with Crippen LogP contribution in [0.15, 0.2) is 28.7 Å². The third kappa shape index (κ3) is 2.20. The fourth-order valence-electron chi connectivity index (χ4n) is 2.64. The van der Waals surface area contributed by atoms with Crippen LogP contribution in [0.1, 0.15) is 23.3 Å². The van der Waals surface area contributed by atoms with E-state index < -0.39 is 12.0 Å². The standard InChI is InChI=1S/C14H13BrN2O3/c15-9-4-3-8-6-11(16-10(8)7-9)13(18)17-5-1-2-12(17)14(19)20/h3-4,6-7,12,16H,1-2,5H2,(H,19,20)/t12-/m1/s1. The predicted octanol–water partition coefficient (Wildman–Crippen LogP) is 2.62. The van der Waals surface area contributed by atoms with Gasteiger partial charge in [0.15, 0.2) is 0 Å². The van der Waals surface area contributed by atoms with E-state index in [-0.39, 0.29) is 5.91 Å². The Kier molecular flexibility index (Phi) is 3.25. The van der Waals surface area contributed by atoms with Crippen molar-refractivity contribution in [3.63, 3.8) is 0 Å². The minimum atomic E-state index is -0.935. The van der Waals surface area contributed by atoms with E-state index in [4.69, 9.17) is 5.11 Å². The van der Waals surface area contributed by atoms with Crippen molar-refractivity contribution < 1.29 is 14.7 Å². The third-order valence-corrected chi connectivity index (χ3v) is 4.11. The zero-order chi connectivity index (χ0) is 14.3. The van der Waals surface area contributed by atoms with Gasteiger partial charge in [-0.1, -0.05) is 22.0 Å². The highest BCUT2D eigenvalue weighted by molar-refractivity contribution is 9.10. The lowest BCUT2D eigenvalue weighted by molar-refractivity contribution is -0.141. The first kappa shape index (κ1) is 13.2. The van der Waals surface area contributed by atoms with Gasteiger partial charge < -0.3 is 15.0 Å². The Morgan fingerprint density at radius 3 is 2.90 bits per heavy atom. The summed E-state index contributed by atoms with van der Waals surface area (Å²) in [4.78, 5) is 28.1. The fourth-order valence-corrected chi connectivity index (χ4v) is 3.00. The number of rotatable bonds is 2. The van der Waals surface area contributed by atoms with E-state index in [2.05, 4.69) is 20.9 Å². The molecule has 1 aliphatic rings. The maximum atomic E-state index is 12.4. The van der Waals surface area contributed by atoms with Crippen LogP contribution >= 0.6 is 15.9 Å². The lowest BCUT2D eigenvalue weighted by atomic mass is 10.2. The highest BCUT2D eigenvalue weighted by Crippen LogP contribution is 2.24. The van der Waals surface area contributed by atoms with Crippen molar-refractivity contribution in [1.82, 2.24) is 9.88 Å². The summed E-state index contributed by atoms with van der Waals surface area (Å²) in [6.07, 6.45) is 1.25. The van der Waals surface area contributed by atoms with Crippen LogP contribution in [-0.2, 0) is 4.79 Å². The molecule has 104 valence electrons. The number of aromatic nitrogens is 1. The molecule has 0 bridgehead atoms. The minimum absolute atomic E-state index is 0.248. The number of H-pyrrole nitrogens is 1. The number of hydrogen-bond donors (Lipinski definition) is 2. The van der Waals surface area contributed by atoms with Gasteiger partial charge in [0.2, 0.25) is 0 Å². The first-order chi connectivity index (χ1) is 9.56. The van der Waals surface area contributed by atoms with Crippen LogP contribution in [-0.4, -0.2) is 39.5 Å². The van der Waals surface area contributed by atoms with Gasteiger partial charge in [-0.05, 0) is 31.0 Å². The average molecular weight is 337 g/mol. The molecular formula is C14H13BrN2O3. The molecule has 0 radical (unpaired) electrons. The van der Waals surface area contributed by atoms with Crippen molar-refractivity contribution >= 4 is 38.7 Å². The van der Waals surface area contributed by atoms with Crippen LogP contribution in [0.5, 0.6) is 0 Å². The largest absolute Gasteiger partial charge is 0.480 e. The molecule has 0 saturated carbocycles. The Hall–Kier alpha value is -1.82. The molecule has 0 unspecified atom stereocenters. The van der Waals surface area contributed by atoms with Crippen LogP contribution in [0.4, 0.5) is 0 Å². The summed E-state index contributed by atoms with van der Waals surface area (Å²) in [5.41, 5.74) is 1.29. The molecule has 2 aromatic rings. The number of carbonyl (C=O) groups is 2. The summed E-state index contributed by atoms with van der Waals surface area (Å²) >= 11 is 3.38. The van der Waals surface area contributed by atoms with Crippen molar-refractivity contribution in [2.75, 3.05) is 6.54 Å². The van der Waals surface area contributed by atoms with Crippen molar-refractivity contribution in [3.8, 4) is 0 Å². The molecule has 1 aromatic heterocycles. The van der Waals surface area contributed by atoms with Gasteiger partial charge in [0.05, 0.1) is 0 Å². The van der Waals surface area contributed by atoms with Gasteiger partial charge in [-0.25, -0.2) is 4.79 Å². The molecule has 20 heavy (non-hydrogen) atoms. The van der Waals surface area contributed by atoms with E-state index in [1.807, 2.05) is 18.2 Å². The first-order valence-corrected chi connectivity index (χ1v) is 7.17. The molecule has 3 rings (SSSR count). The van der Waals surface area contributed by atoms with Gasteiger partial charge in [0.1, 0.15) is 11.7 Å². The summed E-state index contributed by atoms with van der Waals surface area (Å²) in [6, 6.07) is 6.76. The van der Waals surface area contributed by atoms with Gasteiger partial charge in [-0.15, -0.1) is 0 Å². The maximum Gasteiger partial charge on any atom is 0.326 e. The van der Waals surface area contributed by atoms with E-state index in [9.17, 15) is 9.59 Å². The number of carboxylic acids is 1. The molecule has 1 atom stereocenters. The number of fused-ring (bicyclic) bond motifs is 1. The second-order valence-electron chi connectivity index (χ2n) is 4.91. The molecule has 2 heterocycles. The number of nitrogens with one attached hydrogen (secondary N) is 1. The zero-order valence-electron chi connectivity index (χ0n) is 10.6. The topological polar surface area (TPSA) is 73.4 Å². The molecule has 1 aromatic carbocycles. The Balaban J connectivity index is 1.94. The molecule has 6 heteroatoms. The monoisotopic (exact) mass is 336 g/mol. The van der Waals surface area contributed by atoms with Gasteiger partial charge in [0, 0.05) is 21.9 Å². The van der Waals surface area contributed by atoms with Crippen LogP contribution in [0.2, 0.25) is 0 Å². The Morgan fingerprint density at radius 1 is 1.35 bits per heavy atom. The summed E-state index contributed by atoms with van der Waals surface area (Å²) in [6.45, 7) is 0.495. The number of carbonyl (C=O) groups excluding carboxylic acids is 1. The van der Waals surface area contributed by atoms with E-state index >= 15 is 0 Å². The number of benzene rings is 1. The zero-order valence-corrected chi connectivity index (χ0v) is 12.2. The van der Waals surface area contributed by atoms with Crippen molar-refractivity contribution in [1.29, 1.82) is 0 Å². The van der Waals surface area contributed by atoms with E-state index in [0.29, 0.717) is 18.7 Å². The normalized spacial score (nSPS) is 18.6. The number of aliphatic carboxylic acids is 1. The molecule has 1 amide bonds. The van der Waals surface area contributed by atoms with Crippen molar-refractivity contribution in [2.45, 2.75) is 18.9 Å². The van der Waals surface area contributed by atoms with Gasteiger partial charge in [-0.2, -0.15) is 0 Å². The molecule has 5 nitrogen and oxygen atoms in total. The van der Waals surface area contributed by atoms with Crippen molar-refractivity contribution in [3.05, 3.63) is 34.4 Å². The number of carboxylic acid groups (broad SMARTS) is 1. The number of halogens is 1. The predicted molar refractivity (Wildman–Crippen MR) is 77.7 cm³/mol. The lowest BCUT2D eigenvalue weighted by Crippen LogP contribution is -2.40. The summed E-state index contributed by atoms with van der Waals surface area (Å²) in [5.74, 6) is -1.18. The van der Waals surface area contributed by atoms with Crippen LogP contribution in [0.25, 0.3) is 10.9 Å². The smallest absolute Gasteiger partial charge is 0.326 e. The van der Waals surface area contributed by atoms with Gasteiger partial charge >= 0.3 is 5.97 Å². The first-order valence-electron chi connectivity index (χ1n) is 6.38. The average Bonchev–Trinajstić information content (AvgIpc) is 3.03. The van der Waals surface area contributed by atoms with E-state index in [0.717, 1.165) is 21.8 Å². The SMILES string of the molecule is O=C(O)[C@H]1CCCN1C(=O)c1cc2ccc(Br)cc2[nH]1. The Labute approximate surface area is 123 Å². The quantitative estimate of drug-likeness (QED) is 0.885. The number of amides is 1. The highest BCUT2D eigenvalue weighted by Gasteiger charge is 2.34. The van der Waals surface area contributed by atoms with Gasteiger partial charge in [0.25, 0.3) is 5.91 Å². The van der Waals surface area contributed by atoms with E-state index in [1.54, 1.807) is 6.07 Å². The van der Waals surface area contributed by atoms with Crippen LogP contribution in [0.3, 0.4) is 0 Å². The Morgan fingerprint density at radius 2 is 2.15 bits per heavy atom. The molecular weight excluding hydrogens is 324 g/mol. The van der Waals surface area contributed by atoms with Crippen LogP contribution in [0, 0.1) is 0 Å². The summed E-state index contributed by atoms with van der Waals surface area (Å²) < 4.78 is 0.926. The number of likely N-dealkylation sites (tertiary alicyclic amines) is 1. The second-order valence-corrected chi connectivity index (χ2v) is 5.83. The number of hydrogen-bond acceptors (Lipinski definition) is 2. The molecule has 2 N–H and O–H groups in total. The minimum Gasteiger partial charge on any atom is -0.480 e. The molecule has 1 aliphatic heterocycles. The lowest BCUT2D eigenvalue weighted by Gasteiger charge is -2.20. The number of nitrogens with zero attached hydrogens (tertiary/aromatic N) is 1. The second kappa shape index (κ2) is 4.94. The third-order valence-electron chi connectivity index (χ3n) is 3.61. The molecule has 1 fully saturated rings. The molecule has 0 spiro atoms. The maximum absolute atomic E-state index is 12.4. The summed E-state index contributed by atoms with van der Waals surface area (Å²) in [5, 5.41) is 10.1. The molecule has 1 saturated heterocycles. The summed E-state index contributed by atoms with van der Waals surface area (Å²) in [7, 11) is 0. The van der Waals surface area contributed by atoms with Gasteiger partial charge in [-0.3, -0.25) is 4.79 Å². The Bertz CT molecular complexity index is 695. The van der Waals surface area contributed by atoms with Crippen molar-refractivity contribution in [2.24, 2.45) is 0 Å². The fraction of sp³-hybridized carbons (Fsp3) is 0.286. The van der Waals surface area contributed by atoms with Crippen LogP contribution < -0.4 is 0 Å².